The van der Waals surface area contributed by atoms with Crippen LogP contribution in [0.4, 0.5) is 0 Å². The molecule has 0 aliphatic rings. The second-order valence-corrected chi connectivity index (χ2v) is 5.33. The van der Waals surface area contributed by atoms with Gasteiger partial charge >= 0.3 is 5.97 Å². The minimum atomic E-state index is -0.874. The Hall–Kier alpha value is -1.39. The Morgan fingerprint density at radius 1 is 1.21 bits per heavy atom. The molecule has 0 aliphatic heterocycles. The number of carboxylic acid groups (broad SMARTS) is 1. The molecule has 0 heterocycles. The first-order chi connectivity index (χ1) is 8.91. The third-order valence-corrected chi connectivity index (χ3v) is 3.08. The van der Waals surface area contributed by atoms with Gasteiger partial charge in [-0.05, 0) is 24.8 Å². The molecule has 0 radical (unpaired) electrons. The maximum atomic E-state index is 11.2. The third-order valence-electron chi connectivity index (χ3n) is 3.08. The minimum Gasteiger partial charge on any atom is -0.480 e. The van der Waals surface area contributed by atoms with Crippen molar-refractivity contribution >= 4 is 5.97 Å². The van der Waals surface area contributed by atoms with Gasteiger partial charge in [-0.3, -0.25) is 10.1 Å². The highest BCUT2D eigenvalue weighted by atomic mass is 16.4. The van der Waals surface area contributed by atoms with E-state index < -0.39 is 18.1 Å². The Kier molecular flexibility index (Phi) is 5.99. The standard InChI is InChI=1S/C15H23NO3/c1-10(2)9-13(15(18)19)16-11(3)14(17)12-7-5-4-6-8-12/h4-8,10-11,13-14,16-17H,9H2,1-3H3,(H,18,19). The van der Waals surface area contributed by atoms with Crippen molar-refractivity contribution in [3.8, 4) is 0 Å². The monoisotopic (exact) mass is 265 g/mol. The SMILES string of the molecule is CC(C)CC(NC(C)C(O)c1ccccc1)C(=O)O. The summed E-state index contributed by atoms with van der Waals surface area (Å²) in [6.07, 6.45) is -0.170. The average molecular weight is 265 g/mol. The summed E-state index contributed by atoms with van der Waals surface area (Å²) >= 11 is 0. The van der Waals surface area contributed by atoms with E-state index in [0.717, 1.165) is 5.56 Å². The normalized spacial score (nSPS) is 16.1. The van der Waals surface area contributed by atoms with E-state index in [-0.39, 0.29) is 12.0 Å². The predicted octanol–water partition coefficient (Wildman–Crippen LogP) is 2.20. The van der Waals surface area contributed by atoms with Crippen LogP contribution in [-0.2, 0) is 4.79 Å². The maximum absolute atomic E-state index is 11.2. The molecule has 19 heavy (non-hydrogen) atoms. The summed E-state index contributed by atoms with van der Waals surface area (Å²) in [5, 5.41) is 22.4. The Bertz CT molecular complexity index is 392. The molecule has 3 unspecified atom stereocenters. The zero-order valence-corrected chi connectivity index (χ0v) is 11.7. The number of carboxylic acids is 1. The van der Waals surface area contributed by atoms with Gasteiger partial charge in [-0.15, -0.1) is 0 Å². The second-order valence-electron chi connectivity index (χ2n) is 5.33. The van der Waals surface area contributed by atoms with Crippen molar-refractivity contribution in [2.24, 2.45) is 5.92 Å². The average Bonchev–Trinajstić information content (AvgIpc) is 2.37. The molecular weight excluding hydrogens is 242 g/mol. The van der Waals surface area contributed by atoms with Crippen LogP contribution in [0, 0.1) is 5.92 Å². The fourth-order valence-electron chi connectivity index (χ4n) is 2.06. The molecule has 0 bridgehead atoms. The summed E-state index contributed by atoms with van der Waals surface area (Å²) in [6, 6.07) is 8.31. The van der Waals surface area contributed by atoms with Gasteiger partial charge in [-0.25, -0.2) is 0 Å². The highest BCUT2D eigenvalue weighted by Gasteiger charge is 2.24. The molecule has 0 spiro atoms. The molecule has 106 valence electrons. The highest BCUT2D eigenvalue weighted by molar-refractivity contribution is 5.73. The first-order valence-electron chi connectivity index (χ1n) is 6.63. The number of hydrogen-bond acceptors (Lipinski definition) is 3. The molecule has 3 N–H and O–H groups in total. The summed E-state index contributed by atoms with van der Waals surface area (Å²) in [5.74, 6) is -0.588. The lowest BCUT2D eigenvalue weighted by Gasteiger charge is -2.25. The van der Waals surface area contributed by atoms with Gasteiger partial charge in [0.2, 0.25) is 0 Å². The van der Waals surface area contributed by atoms with Crippen LogP contribution in [0.25, 0.3) is 0 Å². The summed E-state index contributed by atoms with van der Waals surface area (Å²) in [4.78, 5) is 11.2. The van der Waals surface area contributed by atoms with Crippen LogP contribution in [-0.4, -0.2) is 28.3 Å². The summed E-state index contributed by atoms with van der Waals surface area (Å²) in [7, 11) is 0. The van der Waals surface area contributed by atoms with Crippen LogP contribution in [0.3, 0.4) is 0 Å². The Morgan fingerprint density at radius 2 is 1.79 bits per heavy atom. The summed E-state index contributed by atoms with van der Waals surface area (Å²) in [6.45, 7) is 5.76. The Labute approximate surface area is 114 Å². The molecule has 0 amide bonds. The Morgan fingerprint density at radius 3 is 2.26 bits per heavy atom. The molecule has 0 saturated carbocycles. The van der Waals surface area contributed by atoms with Gasteiger partial charge in [0, 0.05) is 6.04 Å². The van der Waals surface area contributed by atoms with E-state index in [2.05, 4.69) is 5.32 Å². The molecule has 4 heteroatoms. The number of aliphatic hydroxyl groups excluding tert-OH is 1. The third kappa shape index (κ3) is 5.01. The van der Waals surface area contributed by atoms with Gasteiger partial charge in [-0.2, -0.15) is 0 Å². The molecule has 1 rings (SSSR count). The smallest absolute Gasteiger partial charge is 0.320 e. The number of aliphatic carboxylic acids is 1. The predicted molar refractivity (Wildman–Crippen MR) is 74.9 cm³/mol. The van der Waals surface area contributed by atoms with Gasteiger partial charge in [0.1, 0.15) is 6.04 Å². The molecule has 4 nitrogen and oxygen atoms in total. The molecule has 0 saturated heterocycles. The van der Waals surface area contributed by atoms with Gasteiger partial charge < -0.3 is 10.2 Å². The van der Waals surface area contributed by atoms with Gasteiger partial charge in [0.25, 0.3) is 0 Å². The summed E-state index contributed by atoms with van der Waals surface area (Å²) < 4.78 is 0. The molecule has 0 aliphatic carbocycles. The minimum absolute atomic E-state index is 0.287. The first-order valence-corrected chi connectivity index (χ1v) is 6.63. The highest BCUT2D eigenvalue weighted by Crippen LogP contribution is 2.17. The van der Waals surface area contributed by atoms with E-state index in [4.69, 9.17) is 0 Å². The van der Waals surface area contributed by atoms with Crippen LogP contribution in [0.15, 0.2) is 30.3 Å². The molecule has 0 aromatic heterocycles. The zero-order chi connectivity index (χ0) is 14.4. The van der Waals surface area contributed by atoms with Crippen molar-refractivity contribution in [1.82, 2.24) is 5.32 Å². The fourth-order valence-corrected chi connectivity index (χ4v) is 2.06. The number of rotatable bonds is 7. The topological polar surface area (TPSA) is 69.6 Å². The van der Waals surface area contributed by atoms with Crippen molar-refractivity contribution in [3.63, 3.8) is 0 Å². The van der Waals surface area contributed by atoms with Crippen LogP contribution in [0.5, 0.6) is 0 Å². The van der Waals surface area contributed by atoms with E-state index >= 15 is 0 Å². The van der Waals surface area contributed by atoms with Crippen molar-refractivity contribution in [2.45, 2.75) is 45.4 Å². The fraction of sp³-hybridized carbons (Fsp3) is 0.533. The van der Waals surface area contributed by atoms with Crippen LogP contribution in [0.2, 0.25) is 0 Å². The van der Waals surface area contributed by atoms with Crippen molar-refractivity contribution < 1.29 is 15.0 Å². The summed E-state index contributed by atoms with van der Waals surface area (Å²) in [5.41, 5.74) is 0.788. The largest absolute Gasteiger partial charge is 0.480 e. The van der Waals surface area contributed by atoms with E-state index in [1.807, 2.05) is 44.2 Å². The first kappa shape index (κ1) is 15.7. The zero-order valence-electron chi connectivity index (χ0n) is 11.7. The lowest BCUT2D eigenvalue weighted by molar-refractivity contribution is -0.140. The van der Waals surface area contributed by atoms with E-state index in [1.165, 1.54) is 0 Å². The number of benzene rings is 1. The molecule has 0 fully saturated rings. The molecule has 3 atom stereocenters. The molecular formula is C15H23NO3. The molecule has 1 aromatic carbocycles. The molecule has 1 aromatic rings. The van der Waals surface area contributed by atoms with Gasteiger partial charge in [0.15, 0.2) is 0 Å². The van der Waals surface area contributed by atoms with Crippen LogP contribution < -0.4 is 5.32 Å². The number of aliphatic hydroxyl groups is 1. The maximum Gasteiger partial charge on any atom is 0.320 e. The van der Waals surface area contributed by atoms with Gasteiger partial charge in [-0.1, -0.05) is 44.2 Å². The Balaban J connectivity index is 2.66. The van der Waals surface area contributed by atoms with Crippen LogP contribution in [0.1, 0.15) is 38.9 Å². The van der Waals surface area contributed by atoms with Crippen molar-refractivity contribution in [1.29, 1.82) is 0 Å². The van der Waals surface area contributed by atoms with E-state index in [1.54, 1.807) is 6.92 Å². The number of carbonyl (C=O) groups is 1. The number of nitrogens with one attached hydrogen (secondary N) is 1. The lowest BCUT2D eigenvalue weighted by atomic mass is 9.99. The number of hydrogen-bond donors (Lipinski definition) is 3. The second kappa shape index (κ2) is 7.26. The van der Waals surface area contributed by atoms with E-state index in [9.17, 15) is 15.0 Å². The van der Waals surface area contributed by atoms with Crippen molar-refractivity contribution in [2.75, 3.05) is 0 Å². The van der Waals surface area contributed by atoms with Crippen LogP contribution >= 0.6 is 0 Å². The van der Waals surface area contributed by atoms with Gasteiger partial charge in [0.05, 0.1) is 6.10 Å². The van der Waals surface area contributed by atoms with E-state index in [0.29, 0.717) is 6.42 Å². The lowest BCUT2D eigenvalue weighted by Crippen LogP contribution is -2.45. The van der Waals surface area contributed by atoms with Crippen molar-refractivity contribution in [3.05, 3.63) is 35.9 Å². The quantitative estimate of drug-likeness (QED) is 0.707.